The first-order valence-corrected chi connectivity index (χ1v) is 5.29. The highest BCUT2D eigenvalue weighted by Crippen LogP contribution is 2.14. The first-order chi connectivity index (χ1) is 6.75. The molecule has 0 aromatic carbocycles. The van der Waals surface area contributed by atoms with Crippen LogP contribution in [-0.2, 0) is 0 Å². The third-order valence-corrected chi connectivity index (χ3v) is 2.82. The van der Waals surface area contributed by atoms with Gasteiger partial charge in [0, 0.05) is 37.3 Å². The molecule has 1 aliphatic heterocycles. The highest BCUT2D eigenvalue weighted by molar-refractivity contribution is 7.80. The fraction of sp³-hybridized carbons (Fsp3) is 0.500. The number of thiol groups is 1. The lowest BCUT2D eigenvalue weighted by Gasteiger charge is -2.33. The van der Waals surface area contributed by atoms with Crippen LogP contribution in [0.1, 0.15) is 0 Å². The minimum atomic E-state index is 0.919. The molecule has 4 heteroatoms. The van der Waals surface area contributed by atoms with Crippen LogP contribution in [0.3, 0.4) is 0 Å². The van der Waals surface area contributed by atoms with Crippen molar-refractivity contribution in [1.82, 2.24) is 9.88 Å². The molecule has 2 heterocycles. The van der Waals surface area contributed by atoms with E-state index >= 15 is 0 Å². The van der Waals surface area contributed by atoms with Crippen molar-refractivity contribution in [1.29, 1.82) is 0 Å². The Morgan fingerprint density at radius 1 is 1.21 bits per heavy atom. The van der Waals surface area contributed by atoms with E-state index in [1.807, 2.05) is 12.1 Å². The molecule has 1 fully saturated rings. The molecule has 1 aromatic rings. The van der Waals surface area contributed by atoms with E-state index in [1.54, 1.807) is 6.20 Å². The molecule has 0 radical (unpaired) electrons. The van der Waals surface area contributed by atoms with Crippen molar-refractivity contribution < 1.29 is 0 Å². The summed E-state index contributed by atoms with van der Waals surface area (Å²) in [6.07, 6.45) is 1.80. The lowest BCUT2D eigenvalue weighted by atomic mass is 10.3. The number of hydrogen-bond acceptors (Lipinski definition) is 4. The van der Waals surface area contributed by atoms with Crippen LogP contribution in [0.25, 0.3) is 0 Å². The maximum absolute atomic E-state index is 4.36. The summed E-state index contributed by atoms with van der Waals surface area (Å²) in [4.78, 5) is 9.93. The van der Waals surface area contributed by atoms with E-state index in [2.05, 4.69) is 34.5 Å². The van der Waals surface area contributed by atoms with Gasteiger partial charge in [-0.2, -0.15) is 0 Å². The first kappa shape index (κ1) is 9.80. The number of hydrogen-bond donors (Lipinski definition) is 1. The Hall–Kier alpha value is -0.740. The van der Waals surface area contributed by atoms with E-state index in [9.17, 15) is 0 Å². The topological polar surface area (TPSA) is 19.4 Å². The van der Waals surface area contributed by atoms with Crippen LogP contribution in [0.5, 0.6) is 0 Å². The van der Waals surface area contributed by atoms with Crippen molar-refractivity contribution in [3.63, 3.8) is 0 Å². The maximum Gasteiger partial charge on any atom is 0.128 e. The highest BCUT2D eigenvalue weighted by atomic mass is 32.1. The summed E-state index contributed by atoms with van der Waals surface area (Å²) < 4.78 is 0. The summed E-state index contributed by atoms with van der Waals surface area (Å²) in [5.74, 6) is 1.07. The second kappa shape index (κ2) is 4.19. The van der Waals surface area contributed by atoms with Crippen LogP contribution >= 0.6 is 12.6 Å². The number of rotatable bonds is 1. The van der Waals surface area contributed by atoms with Crippen LogP contribution in [0.4, 0.5) is 5.82 Å². The summed E-state index contributed by atoms with van der Waals surface area (Å²) in [5.41, 5.74) is 0. The third-order valence-electron chi connectivity index (χ3n) is 2.56. The Morgan fingerprint density at radius 3 is 2.50 bits per heavy atom. The van der Waals surface area contributed by atoms with Crippen molar-refractivity contribution in [3.05, 3.63) is 18.3 Å². The molecule has 1 aliphatic rings. The van der Waals surface area contributed by atoms with Crippen LogP contribution in [0, 0.1) is 0 Å². The smallest absolute Gasteiger partial charge is 0.128 e. The van der Waals surface area contributed by atoms with Crippen molar-refractivity contribution in [2.75, 3.05) is 38.1 Å². The van der Waals surface area contributed by atoms with E-state index < -0.39 is 0 Å². The minimum Gasteiger partial charge on any atom is -0.354 e. The van der Waals surface area contributed by atoms with E-state index in [1.165, 1.54) is 0 Å². The second-order valence-electron chi connectivity index (χ2n) is 3.66. The quantitative estimate of drug-likeness (QED) is 0.700. The van der Waals surface area contributed by atoms with Crippen molar-refractivity contribution in [3.8, 4) is 0 Å². The molecule has 0 atom stereocenters. The molecular formula is C10H15N3S. The van der Waals surface area contributed by atoms with Gasteiger partial charge in [0.25, 0.3) is 0 Å². The van der Waals surface area contributed by atoms with E-state index in [0.717, 1.165) is 36.9 Å². The third kappa shape index (κ3) is 2.19. The summed E-state index contributed by atoms with van der Waals surface area (Å²) in [7, 11) is 2.15. The second-order valence-corrected chi connectivity index (χ2v) is 4.18. The van der Waals surface area contributed by atoms with Gasteiger partial charge in [0.1, 0.15) is 5.82 Å². The van der Waals surface area contributed by atoms with Gasteiger partial charge < -0.3 is 9.80 Å². The number of anilines is 1. The fourth-order valence-electron chi connectivity index (χ4n) is 1.60. The fourth-order valence-corrected chi connectivity index (χ4v) is 1.73. The molecule has 0 saturated carbocycles. The molecule has 0 spiro atoms. The van der Waals surface area contributed by atoms with Crippen molar-refractivity contribution in [2.45, 2.75) is 4.90 Å². The molecule has 0 unspecified atom stereocenters. The van der Waals surface area contributed by atoms with Gasteiger partial charge in [-0.15, -0.1) is 12.6 Å². The molecule has 0 amide bonds. The Morgan fingerprint density at radius 2 is 1.93 bits per heavy atom. The zero-order valence-corrected chi connectivity index (χ0v) is 9.24. The van der Waals surface area contributed by atoms with Crippen LogP contribution in [0.15, 0.2) is 23.2 Å². The van der Waals surface area contributed by atoms with Gasteiger partial charge in [-0.25, -0.2) is 4.98 Å². The minimum absolute atomic E-state index is 0.919. The molecule has 1 saturated heterocycles. The summed E-state index contributed by atoms with van der Waals surface area (Å²) in [6, 6.07) is 4.03. The predicted octanol–water partition coefficient (Wildman–Crippen LogP) is 1.12. The summed E-state index contributed by atoms with van der Waals surface area (Å²) >= 11 is 4.22. The van der Waals surface area contributed by atoms with Gasteiger partial charge in [-0.05, 0) is 19.2 Å². The number of likely N-dealkylation sites (N-methyl/N-ethyl adjacent to an activating group) is 1. The molecule has 3 nitrogen and oxygen atoms in total. The van der Waals surface area contributed by atoms with E-state index in [0.29, 0.717) is 0 Å². The Balaban J connectivity index is 2.05. The first-order valence-electron chi connectivity index (χ1n) is 4.84. The van der Waals surface area contributed by atoms with Crippen LogP contribution in [0.2, 0.25) is 0 Å². The summed E-state index contributed by atoms with van der Waals surface area (Å²) in [5, 5.41) is 0. The average molecular weight is 209 g/mol. The lowest BCUT2D eigenvalue weighted by molar-refractivity contribution is 0.312. The Kier molecular flexibility index (Phi) is 2.93. The monoisotopic (exact) mass is 209 g/mol. The number of nitrogens with zero attached hydrogens (tertiary/aromatic N) is 3. The largest absolute Gasteiger partial charge is 0.354 e. The zero-order valence-electron chi connectivity index (χ0n) is 8.35. The average Bonchev–Trinajstić information content (AvgIpc) is 2.21. The SMILES string of the molecule is CN1CCN(c2ccc(S)cn2)CC1. The van der Waals surface area contributed by atoms with Crippen LogP contribution in [-0.4, -0.2) is 43.1 Å². The Bertz CT molecular complexity index is 291. The summed E-state index contributed by atoms with van der Waals surface area (Å²) in [6.45, 7) is 4.36. The molecule has 0 aliphatic carbocycles. The molecular weight excluding hydrogens is 194 g/mol. The van der Waals surface area contributed by atoms with Gasteiger partial charge in [-0.3, -0.25) is 0 Å². The molecule has 0 bridgehead atoms. The molecule has 2 rings (SSSR count). The van der Waals surface area contributed by atoms with Crippen molar-refractivity contribution in [2.24, 2.45) is 0 Å². The number of aromatic nitrogens is 1. The standard InChI is InChI=1S/C10H15N3S/c1-12-4-6-13(7-5-12)10-3-2-9(14)8-11-10/h2-3,8,14H,4-7H2,1H3. The zero-order chi connectivity index (χ0) is 9.97. The number of piperazine rings is 1. The Labute approximate surface area is 90.1 Å². The van der Waals surface area contributed by atoms with Gasteiger partial charge in [0.2, 0.25) is 0 Å². The van der Waals surface area contributed by atoms with Gasteiger partial charge in [0.05, 0.1) is 0 Å². The molecule has 14 heavy (non-hydrogen) atoms. The van der Waals surface area contributed by atoms with Gasteiger partial charge >= 0.3 is 0 Å². The molecule has 0 N–H and O–H groups in total. The van der Waals surface area contributed by atoms with Crippen LogP contribution < -0.4 is 4.90 Å². The lowest BCUT2D eigenvalue weighted by Crippen LogP contribution is -2.44. The van der Waals surface area contributed by atoms with Crippen molar-refractivity contribution >= 4 is 18.4 Å². The van der Waals surface area contributed by atoms with E-state index in [4.69, 9.17) is 0 Å². The molecule has 76 valence electrons. The normalized spacial score (nSPS) is 18.6. The maximum atomic E-state index is 4.36. The van der Waals surface area contributed by atoms with Gasteiger partial charge in [-0.1, -0.05) is 0 Å². The molecule has 1 aromatic heterocycles. The van der Waals surface area contributed by atoms with E-state index in [-0.39, 0.29) is 0 Å². The number of pyridine rings is 1. The predicted molar refractivity (Wildman–Crippen MR) is 61.2 cm³/mol. The highest BCUT2D eigenvalue weighted by Gasteiger charge is 2.14. The van der Waals surface area contributed by atoms with Gasteiger partial charge in [0.15, 0.2) is 0 Å².